The molecule has 20 heavy (non-hydrogen) atoms. The van der Waals surface area contributed by atoms with Gasteiger partial charge in [-0.1, -0.05) is 19.9 Å². The minimum atomic E-state index is -0.136. The Labute approximate surface area is 119 Å². The summed E-state index contributed by atoms with van der Waals surface area (Å²) >= 11 is 0. The Balaban J connectivity index is 1.70. The fourth-order valence-corrected chi connectivity index (χ4v) is 3.46. The van der Waals surface area contributed by atoms with Crippen LogP contribution >= 0.6 is 0 Å². The molecule has 3 rings (SSSR count). The van der Waals surface area contributed by atoms with Crippen LogP contribution < -0.4 is 5.32 Å². The van der Waals surface area contributed by atoms with Crippen molar-refractivity contribution >= 4 is 5.91 Å². The van der Waals surface area contributed by atoms with Gasteiger partial charge in [-0.2, -0.15) is 0 Å². The lowest BCUT2D eigenvalue weighted by molar-refractivity contribution is -0.124. The zero-order chi connectivity index (χ0) is 14.1. The summed E-state index contributed by atoms with van der Waals surface area (Å²) in [5.41, 5.74) is 0.990. The number of rotatable bonds is 4. The maximum Gasteiger partial charge on any atom is 0.228 e. The zero-order valence-corrected chi connectivity index (χ0v) is 12.1. The topological polar surface area (TPSA) is 51.2 Å². The van der Waals surface area contributed by atoms with Crippen molar-refractivity contribution in [2.75, 3.05) is 0 Å². The average molecular weight is 274 g/mol. The van der Waals surface area contributed by atoms with E-state index in [4.69, 9.17) is 4.74 Å². The van der Waals surface area contributed by atoms with Crippen molar-refractivity contribution in [3.8, 4) is 0 Å². The van der Waals surface area contributed by atoms with Crippen LogP contribution in [0, 0.1) is 5.92 Å². The minimum Gasteiger partial charge on any atom is -0.373 e. The van der Waals surface area contributed by atoms with Crippen LogP contribution in [0.1, 0.15) is 44.6 Å². The van der Waals surface area contributed by atoms with Gasteiger partial charge in [0.15, 0.2) is 0 Å². The lowest BCUT2D eigenvalue weighted by Crippen LogP contribution is -2.44. The van der Waals surface area contributed by atoms with Crippen LogP contribution in [-0.4, -0.2) is 29.1 Å². The Morgan fingerprint density at radius 1 is 1.45 bits per heavy atom. The van der Waals surface area contributed by atoms with Crippen molar-refractivity contribution in [3.63, 3.8) is 0 Å². The van der Waals surface area contributed by atoms with Gasteiger partial charge in [-0.3, -0.25) is 9.78 Å². The number of amides is 1. The number of hydrogen-bond donors (Lipinski definition) is 1. The van der Waals surface area contributed by atoms with Crippen LogP contribution in [0.5, 0.6) is 0 Å². The minimum absolute atomic E-state index is 0.106. The first-order valence-electron chi connectivity index (χ1n) is 7.51. The SMILES string of the molecule is CC(C)C(C(=O)NC1CC2CCC1O2)c1cccnc1. The maximum atomic E-state index is 12.6. The number of pyridine rings is 1. The molecule has 1 amide bonds. The van der Waals surface area contributed by atoms with E-state index in [1.54, 1.807) is 12.4 Å². The highest BCUT2D eigenvalue weighted by atomic mass is 16.5. The number of carbonyl (C=O) groups excluding carboxylic acids is 1. The molecule has 2 fully saturated rings. The molecule has 4 heteroatoms. The third-order valence-electron chi connectivity index (χ3n) is 4.43. The highest BCUT2D eigenvalue weighted by molar-refractivity contribution is 5.84. The van der Waals surface area contributed by atoms with E-state index < -0.39 is 0 Å². The number of aromatic nitrogens is 1. The molecule has 2 saturated heterocycles. The van der Waals surface area contributed by atoms with E-state index in [0.29, 0.717) is 6.10 Å². The Hall–Kier alpha value is -1.42. The van der Waals surface area contributed by atoms with Gasteiger partial charge in [0.25, 0.3) is 0 Å². The molecule has 0 spiro atoms. The van der Waals surface area contributed by atoms with Gasteiger partial charge in [-0.15, -0.1) is 0 Å². The van der Waals surface area contributed by atoms with E-state index in [0.717, 1.165) is 24.8 Å². The largest absolute Gasteiger partial charge is 0.373 e. The fraction of sp³-hybridized carbons (Fsp3) is 0.625. The molecule has 0 aliphatic carbocycles. The second-order valence-corrected chi connectivity index (χ2v) is 6.23. The van der Waals surface area contributed by atoms with Crippen LogP contribution in [-0.2, 0) is 9.53 Å². The molecule has 0 radical (unpaired) electrons. The molecule has 0 aromatic carbocycles. The molecule has 2 aliphatic heterocycles. The lowest BCUT2D eigenvalue weighted by atomic mass is 9.87. The summed E-state index contributed by atoms with van der Waals surface area (Å²) in [7, 11) is 0. The summed E-state index contributed by atoms with van der Waals surface area (Å²) in [6.07, 6.45) is 7.31. The fourth-order valence-electron chi connectivity index (χ4n) is 3.46. The molecular formula is C16H22N2O2. The third kappa shape index (κ3) is 2.57. The number of hydrogen-bond acceptors (Lipinski definition) is 3. The molecule has 1 aromatic heterocycles. The van der Waals surface area contributed by atoms with Crippen LogP contribution in [0.25, 0.3) is 0 Å². The van der Waals surface area contributed by atoms with E-state index in [9.17, 15) is 4.79 Å². The van der Waals surface area contributed by atoms with Crippen LogP contribution in [0.4, 0.5) is 0 Å². The van der Waals surface area contributed by atoms with E-state index >= 15 is 0 Å². The standard InChI is InChI=1S/C16H22N2O2/c1-10(2)15(11-4-3-7-17-9-11)16(19)18-13-8-12-5-6-14(13)20-12/h3-4,7,9-10,12-15H,5-6,8H2,1-2H3,(H,18,19). The Bertz CT molecular complexity index is 475. The summed E-state index contributed by atoms with van der Waals surface area (Å²) in [4.78, 5) is 16.8. The first-order valence-corrected chi connectivity index (χ1v) is 7.51. The maximum absolute atomic E-state index is 12.6. The molecule has 108 valence electrons. The molecule has 1 N–H and O–H groups in total. The number of carbonyl (C=O) groups is 1. The Kier molecular flexibility index (Phi) is 3.74. The molecule has 4 atom stereocenters. The second kappa shape index (κ2) is 5.52. The number of nitrogens with zero attached hydrogens (tertiary/aromatic N) is 1. The van der Waals surface area contributed by atoms with Gasteiger partial charge in [-0.05, 0) is 36.8 Å². The van der Waals surface area contributed by atoms with Crippen molar-refractivity contribution in [1.29, 1.82) is 0 Å². The Morgan fingerprint density at radius 3 is 2.85 bits per heavy atom. The first-order chi connectivity index (χ1) is 9.65. The lowest BCUT2D eigenvalue weighted by Gasteiger charge is -2.25. The van der Waals surface area contributed by atoms with Crippen molar-refractivity contribution in [3.05, 3.63) is 30.1 Å². The molecule has 0 saturated carbocycles. The van der Waals surface area contributed by atoms with Crippen molar-refractivity contribution in [2.45, 2.75) is 57.3 Å². The normalized spacial score (nSPS) is 29.6. The Morgan fingerprint density at radius 2 is 2.30 bits per heavy atom. The third-order valence-corrected chi connectivity index (χ3v) is 4.43. The van der Waals surface area contributed by atoms with E-state index in [1.807, 2.05) is 12.1 Å². The summed E-state index contributed by atoms with van der Waals surface area (Å²) in [6.45, 7) is 4.16. The van der Waals surface area contributed by atoms with Crippen LogP contribution in [0.3, 0.4) is 0 Å². The molecule has 3 heterocycles. The summed E-state index contributed by atoms with van der Waals surface area (Å²) in [5.74, 6) is 0.218. The van der Waals surface area contributed by atoms with Gasteiger partial charge in [0.2, 0.25) is 5.91 Å². The quantitative estimate of drug-likeness (QED) is 0.916. The number of fused-ring (bicyclic) bond motifs is 2. The molecular weight excluding hydrogens is 252 g/mol. The van der Waals surface area contributed by atoms with Gasteiger partial charge < -0.3 is 10.1 Å². The van der Waals surface area contributed by atoms with E-state index in [1.165, 1.54) is 0 Å². The highest BCUT2D eigenvalue weighted by Gasteiger charge is 2.42. The van der Waals surface area contributed by atoms with Gasteiger partial charge >= 0.3 is 0 Å². The molecule has 2 aliphatic rings. The monoisotopic (exact) mass is 274 g/mol. The predicted molar refractivity (Wildman–Crippen MR) is 76.3 cm³/mol. The van der Waals surface area contributed by atoms with Crippen LogP contribution in [0.2, 0.25) is 0 Å². The van der Waals surface area contributed by atoms with Gasteiger partial charge in [-0.25, -0.2) is 0 Å². The smallest absolute Gasteiger partial charge is 0.228 e. The average Bonchev–Trinajstić information content (AvgIpc) is 3.02. The van der Waals surface area contributed by atoms with Crippen LogP contribution in [0.15, 0.2) is 24.5 Å². The summed E-state index contributed by atoms with van der Waals surface area (Å²) in [5, 5.41) is 3.20. The summed E-state index contributed by atoms with van der Waals surface area (Å²) < 4.78 is 5.80. The summed E-state index contributed by atoms with van der Waals surface area (Å²) in [6, 6.07) is 4.06. The molecule has 4 nitrogen and oxygen atoms in total. The molecule has 2 bridgehead atoms. The van der Waals surface area contributed by atoms with Crippen molar-refractivity contribution in [2.24, 2.45) is 5.92 Å². The van der Waals surface area contributed by atoms with E-state index in [-0.39, 0.29) is 29.9 Å². The first kappa shape index (κ1) is 13.6. The molecule has 1 aromatic rings. The van der Waals surface area contributed by atoms with Gasteiger partial charge in [0.05, 0.1) is 24.2 Å². The zero-order valence-electron chi connectivity index (χ0n) is 12.1. The second-order valence-electron chi connectivity index (χ2n) is 6.23. The predicted octanol–water partition coefficient (Wildman–Crippen LogP) is 2.26. The number of nitrogens with one attached hydrogen (secondary N) is 1. The van der Waals surface area contributed by atoms with Crippen molar-refractivity contribution < 1.29 is 9.53 Å². The highest BCUT2D eigenvalue weighted by Crippen LogP contribution is 2.35. The van der Waals surface area contributed by atoms with Gasteiger partial charge in [0, 0.05) is 12.4 Å². The molecule has 4 unspecified atom stereocenters. The van der Waals surface area contributed by atoms with E-state index in [2.05, 4.69) is 24.1 Å². The van der Waals surface area contributed by atoms with Crippen molar-refractivity contribution in [1.82, 2.24) is 10.3 Å². The number of ether oxygens (including phenoxy) is 1. The van der Waals surface area contributed by atoms with Gasteiger partial charge in [0.1, 0.15) is 0 Å².